The first kappa shape index (κ1) is 25.7. The smallest absolute Gasteiger partial charge is 0.303 e. The molecule has 2 aliphatic carbocycles. The fraction of sp³-hybridized carbons (Fsp3) is 0.633. The third kappa shape index (κ3) is 3.63. The zero-order valence-corrected chi connectivity index (χ0v) is 22.5. The van der Waals surface area contributed by atoms with Crippen molar-refractivity contribution in [3.8, 4) is 0 Å². The van der Waals surface area contributed by atoms with Crippen LogP contribution in [0.15, 0.2) is 42.5 Å². The number of ketones is 1. The summed E-state index contributed by atoms with van der Waals surface area (Å²) >= 11 is 0. The van der Waals surface area contributed by atoms with Gasteiger partial charge < -0.3 is 24.6 Å². The SMILES string of the molecule is CC(=O)O[C@H]1C=C[C@@](C)(O)C(=O)[C@@H](C)C[C@@H]2O[C@@H]2[C@@H]2[C@@H]3O[C@]3(C)[C@@H](C)[C@H]3[C@H](Cc4ccccc4)NC(=O)[C@]321. The van der Waals surface area contributed by atoms with Crippen LogP contribution in [-0.4, -0.2) is 64.4 Å². The van der Waals surface area contributed by atoms with E-state index in [0.717, 1.165) is 5.56 Å². The molecule has 1 aromatic carbocycles. The Morgan fingerprint density at radius 3 is 2.55 bits per heavy atom. The minimum absolute atomic E-state index is 0.0359. The number of hydrogen-bond donors (Lipinski definition) is 2. The summed E-state index contributed by atoms with van der Waals surface area (Å²) in [4.78, 5) is 40.1. The Bertz CT molecular complexity index is 1200. The Balaban J connectivity index is 1.53. The van der Waals surface area contributed by atoms with Crippen LogP contribution in [0, 0.1) is 29.1 Å². The zero-order valence-electron chi connectivity index (χ0n) is 22.5. The number of benzene rings is 1. The van der Waals surface area contributed by atoms with E-state index in [1.54, 1.807) is 13.0 Å². The molecule has 4 fully saturated rings. The fourth-order valence-electron chi connectivity index (χ4n) is 8.09. The molecule has 0 radical (unpaired) electrons. The van der Waals surface area contributed by atoms with Crippen LogP contribution in [-0.2, 0) is 35.0 Å². The number of aliphatic hydroxyl groups is 1. The van der Waals surface area contributed by atoms with Crippen LogP contribution in [0.5, 0.6) is 0 Å². The molecule has 0 unspecified atom stereocenters. The first-order chi connectivity index (χ1) is 17.9. The molecule has 2 N–H and O–H groups in total. The standard InChI is InChI=1S/C30H37NO7/c1-15-13-20-24(37-20)23-26-29(5,38-26)16(2)22-19(14-18-9-7-6-8-10-18)31-27(34)30(22,23)21(36-17(3)32)11-12-28(4,35)25(15)33/h6-12,15-16,19-24,26,35H,13-14H2,1-5H3,(H,31,34)/t15-,16-,19-,20-,21-,22-,23+,24-,26-,28+,29+,30+/m0/s1. The highest BCUT2D eigenvalue weighted by Crippen LogP contribution is 2.69. The van der Waals surface area contributed by atoms with Gasteiger partial charge in [-0.25, -0.2) is 0 Å². The molecule has 8 heteroatoms. The fourth-order valence-corrected chi connectivity index (χ4v) is 8.09. The number of amides is 1. The van der Waals surface area contributed by atoms with Crippen molar-refractivity contribution < 1.29 is 33.7 Å². The van der Waals surface area contributed by atoms with Gasteiger partial charge in [0.2, 0.25) is 5.91 Å². The molecular weight excluding hydrogens is 486 g/mol. The van der Waals surface area contributed by atoms with Gasteiger partial charge in [-0.2, -0.15) is 0 Å². The maximum atomic E-state index is 14.4. The van der Waals surface area contributed by atoms with E-state index in [2.05, 4.69) is 19.2 Å². The third-order valence-corrected chi connectivity index (χ3v) is 10.1. The number of esters is 1. The van der Waals surface area contributed by atoms with Crippen LogP contribution < -0.4 is 5.32 Å². The summed E-state index contributed by atoms with van der Waals surface area (Å²) in [5, 5.41) is 14.4. The van der Waals surface area contributed by atoms with Gasteiger partial charge in [-0.05, 0) is 50.3 Å². The number of ether oxygens (including phenoxy) is 3. The van der Waals surface area contributed by atoms with Gasteiger partial charge >= 0.3 is 5.97 Å². The minimum Gasteiger partial charge on any atom is -0.457 e. The number of rotatable bonds is 3. The molecule has 12 atom stereocenters. The lowest BCUT2D eigenvalue weighted by molar-refractivity contribution is -0.166. The quantitative estimate of drug-likeness (QED) is 0.355. The van der Waals surface area contributed by atoms with Gasteiger partial charge in [0.25, 0.3) is 0 Å². The molecule has 6 rings (SSSR count). The van der Waals surface area contributed by atoms with Crippen molar-refractivity contribution in [1.29, 1.82) is 0 Å². The van der Waals surface area contributed by atoms with E-state index in [-0.39, 0.29) is 53.8 Å². The Hall–Kier alpha value is -2.55. The van der Waals surface area contributed by atoms with Crippen LogP contribution in [0.3, 0.4) is 0 Å². The first-order valence-electron chi connectivity index (χ1n) is 13.7. The molecule has 3 saturated heterocycles. The van der Waals surface area contributed by atoms with Crippen LogP contribution >= 0.6 is 0 Å². The minimum atomic E-state index is -1.78. The Labute approximate surface area is 223 Å². The number of carbonyl (C=O) groups excluding carboxylic acids is 3. The summed E-state index contributed by atoms with van der Waals surface area (Å²) in [6.45, 7) is 8.78. The second kappa shape index (κ2) is 8.47. The van der Waals surface area contributed by atoms with E-state index in [0.29, 0.717) is 12.8 Å². The molecule has 38 heavy (non-hydrogen) atoms. The monoisotopic (exact) mass is 523 g/mol. The van der Waals surface area contributed by atoms with Crippen molar-refractivity contribution in [1.82, 2.24) is 5.32 Å². The van der Waals surface area contributed by atoms with E-state index in [1.807, 2.05) is 30.3 Å². The Morgan fingerprint density at radius 1 is 1.16 bits per heavy atom. The van der Waals surface area contributed by atoms with Gasteiger partial charge in [0.1, 0.15) is 17.1 Å². The molecule has 8 nitrogen and oxygen atoms in total. The predicted molar refractivity (Wildman–Crippen MR) is 137 cm³/mol. The normalized spacial score (nSPS) is 48.9. The predicted octanol–water partition coefficient (Wildman–Crippen LogP) is 2.37. The highest BCUT2D eigenvalue weighted by molar-refractivity contribution is 5.91. The lowest BCUT2D eigenvalue weighted by Gasteiger charge is -2.50. The number of hydrogen-bond acceptors (Lipinski definition) is 7. The van der Waals surface area contributed by atoms with E-state index in [4.69, 9.17) is 14.2 Å². The maximum Gasteiger partial charge on any atom is 0.303 e. The molecular formula is C30H37NO7. The lowest BCUT2D eigenvalue weighted by Crippen LogP contribution is -2.62. The van der Waals surface area contributed by atoms with Crippen LogP contribution in [0.2, 0.25) is 0 Å². The van der Waals surface area contributed by atoms with Crippen molar-refractivity contribution in [2.75, 3.05) is 0 Å². The average Bonchev–Trinajstić information content (AvgIpc) is 3.74. The molecule has 0 bridgehead atoms. The molecule has 3 heterocycles. The summed E-state index contributed by atoms with van der Waals surface area (Å²) in [5.74, 6) is -2.17. The number of carbonyl (C=O) groups is 3. The maximum absolute atomic E-state index is 14.4. The lowest BCUT2D eigenvalue weighted by atomic mass is 9.50. The number of nitrogens with one attached hydrogen (secondary N) is 1. The number of epoxide rings is 2. The molecule has 3 aliphatic heterocycles. The van der Waals surface area contributed by atoms with E-state index < -0.39 is 34.6 Å². The molecule has 1 aromatic rings. The second-order valence-corrected chi connectivity index (χ2v) is 12.4. The van der Waals surface area contributed by atoms with Gasteiger partial charge in [-0.3, -0.25) is 14.4 Å². The number of fused-ring (bicyclic) bond motifs is 4. The highest BCUT2D eigenvalue weighted by Gasteiger charge is 2.82. The van der Waals surface area contributed by atoms with Crippen molar-refractivity contribution in [3.63, 3.8) is 0 Å². The third-order valence-electron chi connectivity index (χ3n) is 10.1. The second-order valence-electron chi connectivity index (χ2n) is 12.4. The molecule has 1 amide bonds. The summed E-state index contributed by atoms with van der Waals surface area (Å²) in [6.07, 6.45) is 2.22. The first-order valence-corrected chi connectivity index (χ1v) is 13.7. The van der Waals surface area contributed by atoms with Crippen LogP contribution in [0.25, 0.3) is 0 Å². The molecule has 5 aliphatic rings. The largest absolute Gasteiger partial charge is 0.457 e. The highest BCUT2D eigenvalue weighted by atomic mass is 16.6. The zero-order chi connectivity index (χ0) is 27.2. The van der Waals surface area contributed by atoms with Crippen molar-refractivity contribution in [2.24, 2.45) is 29.1 Å². The van der Waals surface area contributed by atoms with E-state index >= 15 is 0 Å². The average molecular weight is 524 g/mol. The van der Waals surface area contributed by atoms with Gasteiger partial charge in [0.15, 0.2) is 5.78 Å². The van der Waals surface area contributed by atoms with E-state index in [1.165, 1.54) is 19.9 Å². The van der Waals surface area contributed by atoms with Crippen molar-refractivity contribution in [2.45, 2.75) is 89.1 Å². The summed E-state index contributed by atoms with van der Waals surface area (Å²) in [5.41, 5.74) is -2.30. The Morgan fingerprint density at radius 2 is 1.87 bits per heavy atom. The number of Topliss-reactive ketones (excluding diaryl/α,β-unsaturated/α-hetero) is 1. The van der Waals surface area contributed by atoms with Crippen molar-refractivity contribution in [3.05, 3.63) is 48.0 Å². The van der Waals surface area contributed by atoms with Crippen LogP contribution in [0.4, 0.5) is 0 Å². The van der Waals surface area contributed by atoms with Gasteiger partial charge in [0, 0.05) is 30.7 Å². The summed E-state index contributed by atoms with van der Waals surface area (Å²) in [7, 11) is 0. The van der Waals surface area contributed by atoms with Crippen LogP contribution in [0.1, 0.15) is 46.6 Å². The van der Waals surface area contributed by atoms with Crippen molar-refractivity contribution >= 4 is 17.7 Å². The van der Waals surface area contributed by atoms with Gasteiger partial charge in [0.05, 0.1) is 23.9 Å². The van der Waals surface area contributed by atoms with Gasteiger partial charge in [-0.15, -0.1) is 0 Å². The molecule has 1 spiro atoms. The van der Waals surface area contributed by atoms with E-state index in [9.17, 15) is 19.5 Å². The van der Waals surface area contributed by atoms with Gasteiger partial charge in [-0.1, -0.05) is 44.2 Å². The molecule has 204 valence electrons. The summed E-state index contributed by atoms with van der Waals surface area (Å²) in [6, 6.07) is 9.80. The topological polar surface area (TPSA) is 118 Å². The Kier molecular flexibility index (Phi) is 5.73. The molecule has 1 saturated carbocycles. The summed E-state index contributed by atoms with van der Waals surface area (Å²) < 4.78 is 18.6. The molecule has 0 aromatic heterocycles.